The van der Waals surface area contributed by atoms with Gasteiger partial charge in [0, 0.05) is 6.54 Å². The zero-order valence-corrected chi connectivity index (χ0v) is 12.7. The highest BCUT2D eigenvalue weighted by Gasteiger charge is 2.09. The summed E-state index contributed by atoms with van der Waals surface area (Å²) in [6.45, 7) is 8.67. The van der Waals surface area contributed by atoms with Gasteiger partial charge in [-0.3, -0.25) is 4.79 Å². The molecule has 1 aromatic rings. The molecule has 1 amide bonds. The molecule has 0 unspecified atom stereocenters. The molecular weight excluding hydrogens is 254 g/mol. The molecule has 0 fully saturated rings. The number of rotatable bonds is 10. The number of furan rings is 1. The zero-order chi connectivity index (χ0) is 14.8. The molecule has 0 aliphatic heterocycles. The van der Waals surface area contributed by atoms with Crippen molar-refractivity contribution in [3.8, 4) is 0 Å². The van der Waals surface area contributed by atoms with Gasteiger partial charge in [0.1, 0.15) is 12.0 Å². The molecule has 5 nitrogen and oxygen atoms in total. The third-order valence-electron chi connectivity index (χ3n) is 3.13. The minimum atomic E-state index is -0.0917. The number of carbonyl (C=O) groups excluding carboxylic acids is 1. The van der Waals surface area contributed by atoms with Gasteiger partial charge in [0.2, 0.25) is 0 Å². The van der Waals surface area contributed by atoms with Crippen molar-refractivity contribution >= 4 is 5.91 Å². The molecule has 0 spiro atoms. The molecule has 1 rings (SSSR count). The maximum atomic E-state index is 11.8. The van der Waals surface area contributed by atoms with Crippen molar-refractivity contribution in [1.82, 2.24) is 10.2 Å². The highest BCUT2D eigenvalue weighted by Crippen LogP contribution is 2.06. The van der Waals surface area contributed by atoms with Crippen LogP contribution in [0.1, 0.15) is 49.2 Å². The Morgan fingerprint density at radius 2 is 2.00 bits per heavy atom. The molecule has 0 aromatic carbocycles. The summed E-state index contributed by atoms with van der Waals surface area (Å²) in [5, 5.41) is 2.91. The van der Waals surface area contributed by atoms with Gasteiger partial charge < -0.3 is 20.4 Å². The highest BCUT2D eigenvalue weighted by molar-refractivity contribution is 5.93. The summed E-state index contributed by atoms with van der Waals surface area (Å²) in [4.78, 5) is 14.3. The summed E-state index contributed by atoms with van der Waals surface area (Å²) < 4.78 is 5.15. The number of nitrogens with zero attached hydrogens (tertiary/aromatic N) is 1. The summed E-state index contributed by atoms with van der Waals surface area (Å²) in [6, 6.07) is 1.69. The largest absolute Gasteiger partial charge is 0.467 e. The van der Waals surface area contributed by atoms with E-state index in [1.54, 1.807) is 6.07 Å². The second-order valence-corrected chi connectivity index (χ2v) is 4.96. The number of hydrogen-bond acceptors (Lipinski definition) is 4. The smallest absolute Gasteiger partial charge is 0.254 e. The van der Waals surface area contributed by atoms with Gasteiger partial charge in [-0.1, -0.05) is 13.8 Å². The van der Waals surface area contributed by atoms with Gasteiger partial charge in [0.25, 0.3) is 5.91 Å². The molecule has 0 radical (unpaired) electrons. The fourth-order valence-electron chi connectivity index (χ4n) is 2.18. The Kier molecular flexibility index (Phi) is 7.99. The molecule has 20 heavy (non-hydrogen) atoms. The van der Waals surface area contributed by atoms with Crippen LogP contribution >= 0.6 is 0 Å². The van der Waals surface area contributed by atoms with Gasteiger partial charge >= 0.3 is 0 Å². The summed E-state index contributed by atoms with van der Waals surface area (Å²) >= 11 is 0. The van der Waals surface area contributed by atoms with Crippen LogP contribution in [0.25, 0.3) is 0 Å². The van der Waals surface area contributed by atoms with Crippen molar-refractivity contribution in [3.63, 3.8) is 0 Å². The third kappa shape index (κ3) is 5.75. The Morgan fingerprint density at radius 3 is 2.55 bits per heavy atom. The topological polar surface area (TPSA) is 71.5 Å². The van der Waals surface area contributed by atoms with Crippen LogP contribution in [-0.2, 0) is 6.54 Å². The van der Waals surface area contributed by atoms with E-state index in [2.05, 4.69) is 24.1 Å². The average molecular weight is 281 g/mol. The van der Waals surface area contributed by atoms with Crippen LogP contribution in [0.15, 0.2) is 16.7 Å². The van der Waals surface area contributed by atoms with Crippen molar-refractivity contribution in [2.24, 2.45) is 5.73 Å². The lowest BCUT2D eigenvalue weighted by Crippen LogP contribution is -2.31. The Morgan fingerprint density at radius 1 is 1.30 bits per heavy atom. The van der Waals surface area contributed by atoms with Gasteiger partial charge in [-0.15, -0.1) is 0 Å². The monoisotopic (exact) mass is 281 g/mol. The zero-order valence-electron chi connectivity index (χ0n) is 12.7. The Labute approximate surface area is 121 Å². The van der Waals surface area contributed by atoms with E-state index in [0.29, 0.717) is 24.4 Å². The summed E-state index contributed by atoms with van der Waals surface area (Å²) in [7, 11) is 0. The van der Waals surface area contributed by atoms with Crippen LogP contribution in [0, 0.1) is 0 Å². The molecule has 1 aromatic heterocycles. The first-order valence-corrected chi connectivity index (χ1v) is 7.49. The van der Waals surface area contributed by atoms with E-state index in [9.17, 15) is 4.79 Å². The van der Waals surface area contributed by atoms with E-state index >= 15 is 0 Å². The fraction of sp³-hybridized carbons (Fsp3) is 0.667. The Bertz CT molecular complexity index is 384. The first-order valence-electron chi connectivity index (χ1n) is 7.49. The molecule has 0 saturated carbocycles. The fourth-order valence-corrected chi connectivity index (χ4v) is 2.18. The van der Waals surface area contributed by atoms with E-state index in [1.807, 2.05) is 0 Å². The highest BCUT2D eigenvalue weighted by atomic mass is 16.3. The Hall–Kier alpha value is -1.33. The van der Waals surface area contributed by atoms with Gasteiger partial charge in [0.15, 0.2) is 0 Å². The van der Waals surface area contributed by atoms with Crippen LogP contribution in [0.4, 0.5) is 0 Å². The van der Waals surface area contributed by atoms with Gasteiger partial charge in [-0.2, -0.15) is 0 Å². The maximum Gasteiger partial charge on any atom is 0.254 e. The number of nitrogens with one attached hydrogen (secondary N) is 1. The summed E-state index contributed by atoms with van der Waals surface area (Å²) in [5.74, 6) is 0.540. The average Bonchev–Trinajstić information content (AvgIpc) is 2.92. The third-order valence-corrected chi connectivity index (χ3v) is 3.13. The summed E-state index contributed by atoms with van der Waals surface area (Å²) in [6.07, 6.45) is 4.76. The molecule has 114 valence electrons. The van der Waals surface area contributed by atoms with Crippen LogP contribution in [0.2, 0.25) is 0 Å². The number of nitrogens with two attached hydrogens (primary N) is 1. The molecule has 5 heteroatoms. The van der Waals surface area contributed by atoms with Crippen molar-refractivity contribution in [2.75, 3.05) is 26.2 Å². The second kappa shape index (κ2) is 9.55. The number of carbonyl (C=O) groups is 1. The van der Waals surface area contributed by atoms with E-state index in [4.69, 9.17) is 10.2 Å². The van der Waals surface area contributed by atoms with Crippen molar-refractivity contribution in [1.29, 1.82) is 0 Å². The molecule has 3 N–H and O–H groups in total. The van der Waals surface area contributed by atoms with Gasteiger partial charge in [-0.05, 0) is 45.0 Å². The van der Waals surface area contributed by atoms with Crippen LogP contribution in [0.5, 0.6) is 0 Å². The lowest BCUT2D eigenvalue weighted by Gasteiger charge is -2.20. The molecule has 1 heterocycles. The number of hydrogen-bond donors (Lipinski definition) is 2. The molecule has 0 bridgehead atoms. The quantitative estimate of drug-likeness (QED) is 0.643. The first kappa shape index (κ1) is 16.7. The predicted molar refractivity (Wildman–Crippen MR) is 80.6 cm³/mol. The normalized spacial score (nSPS) is 11.0. The minimum Gasteiger partial charge on any atom is -0.467 e. The molecule has 0 atom stereocenters. The SMILES string of the molecule is CCCN(CCC)CCCNC(=O)c1coc(CN)c1. The predicted octanol–water partition coefficient (Wildman–Crippen LogP) is 1.98. The van der Waals surface area contributed by atoms with E-state index in [1.165, 1.54) is 19.1 Å². The molecular formula is C15H27N3O2. The standard InChI is InChI=1S/C15H27N3O2/c1-3-7-18(8-4-2)9-5-6-17-15(19)13-10-14(11-16)20-12-13/h10,12H,3-9,11,16H2,1-2H3,(H,17,19). The Balaban J connectivity index is 2.24. The van der Waals surface area contributed by atoms with Crippen LogP contribution < -0.4 is 11.1 Å². The first-order chi connectivity index (χ1) is 9.71. The minimum absolute atomic E-state index is 0.0917. The number of amides is 1. The lowest BCUT2D eigenvalue weighted by atomic mass is 10.2. The lowest BCUT2D eigenvalue weighted by molar-refractivity contribution is 0.0951. The van der Waals surface area contributed by atoms with Gasteiger partial charge in [0.05, 0.1) is 12.1 Å². The van der Waals surface area contributed by atoms with Crippen LogP contribution in [0.3, 0.4) is 0 Å². The summed E-state index contributed by atoms with van der Waals surface area (Å²) in [5.41, 5.74) is 5.99. The molecule has 0 aliphatic rings. The van der Waals surface area contributed by atoms with Crippen molar-refractivity contribution in [3.05, 3.63) is 23.7 Å². The second-order valence-electron chi connectivity index (χ2n) is 4.96. The van der Waals surface area contributed by atoms with Crippen LogP contribution in [-0.4, -0.2) is 37.0 Å². The van der Waals surface area contributed by atoms with Crippen molar-refractivity contribution < 1.29 is 9.21 Å². The van der Waals surface area contributed by atoms with E-state index in [0.717, 1.165) is 26.1 Å². The van der Waals surface area contributed by atoms with E-state index < -0.39 is 0 Å². The van der Waals surface area contributed by atoms with E-state index in [-0.39, 0.29) is 5.91 Å². The molecule has 0 saturated heterocycles. The molecule has 0 aliphatic carbocycles. The van der Waals surface area contributed by atoms with Gasteiger partial charge in [-0.25, -0.2) is 0 Å². The van der Waals surface area contributed by atoms with Crippen molar-refractivity contribution in [2.45, 2.75) is 39.7 Å². The maximum absolute atomic E-state index is 11.8.